The van der Waals surface area contributed by atoms with E-state index in [4.69, 9.17) is 9.26 Å². The van der Waals surface area contributed by atoms with E-state index in [-0.39, 0.29) is 24.0 Å². The van der Waals surface area contributed by atoms with Gasteiger partial charge in [0.15, 0.2) is 11.6 Å². The van der Waals surface area contributed by atoms with Crippen molar-refractivity contribution >= 4 is 23.3 Å². The zero-order valence-corrected chi connectivity index (χ0v) is 21.8. The Labute approximate surface area is 223 Å². The number of carbonyl (C=O) groups excluding carboxylic acids is 2. The summed E-state index contributed by atoms with van der Waals surface area (Å²) in [5.74, 6) is -0.765. The number of amides is 2. The van der Waals surface area contributed by atoms with Gasteiger partial charge in [-0.15, -0.1) is 0 Å². The molecule has 0 bridgehead atoms. The molecule has 1 aliphatic heterocycles. The molecule has 0 atom stereocenters. The summed E-state index contributed by atoms with van der Waals surface area (Å²) in [6.07, 6.45) is -1.03. The van der Waals surface area contributed by atoms with E-state index in [1.54, 1.807) is 36.4 Å². The number of halogens is 3. The predicted octanol–water partition coefficient (Wildman–Crippen LogP) is 4.82. The largest absolute Gasteiger partial charge is 0.489 e. The Morgan fingerprint density at radius 3 is 2.38 bits per heavy atom. The Balaban J connectivity index is 1.27. The Morgan fingerprint density at radius 2 is 1.77 bits per heavy atom. The first-order valence-corrected chi connectivity index (χ1v) is 12.5. The molecule has 2 amide bonds. The van der Waals surface area contributed by atoms with Crippen molar-refractivity contribution in [2.45, 2.75) is 50.8 Å². The fourth-order valence-corrected chi connectivity index (χ4v) is 3.92. The average molecular weight is 546 g/mol. The van der Waals surface area contributed by atoms with Crippen LogP contribution < -0.4 is 15.4 Å². The second-order valence-corrected chi connectivity index (χ2v) is 10.1. The summed E-state index contributed by atoms with van der Waals surface area (Å²) in [6, 6.07) is 11.0. The lowest BCUT2D eigenvalue weighted by molar-refractivity contribution is -0.185. The third-order valence-electron chi connectivity index (χ3n) is 6.62. The van der Waals surface area contributed by atoms with Gasteiger partial charge in [-0.1, -0.05) is 17.3 Å². The maximum absolute atomic E-state index is 13.2. The molecule has 2 aromatic heterocycles. The van der Waals surface area contributed by atoms with E-state index in [0.717, 1.165) is 45.8 Å². The lowest BCUT2D eigenvalue weighted by Crippen LogP contribution is -2.35. The van der Waals surface area contributed by atoms with Crippen molar-refractivity contribution in [1.82, 2.24) is 15.0 Å². The molecule has 0 radical (unpaired) electrons. The zero-order chi connectivity index (χ0) is 28.2. The molecular formula is C27H30F3N5O4. The molecule has 0 unspecified atom stereocenters. The molecule has 3 aromatic rings. The van der Waals surface area contributed by atoms with Gasteiger partial charge in [0.2, 0.25) is 5.91 Å². The summed E-state index contributed by atoms with van der Waals surface area (Å²) < 4.78 is 50.3. The molecule has 0 spiro atoms. The number of hydrogen-bond acceptors (Lipinski definition) is 7. The number of benzene rings is 1. The first-order chi connectivity index (χ1) is 18.4. The summed E-state index contributed by atoms with van der Waals surface area (Å²) in [6.45, 7) is 3.90. The molecule has 208 valence electrons. The summed E-state index contributed by atoms with van der Waals surface area (Å²) >= 11 is 0. The number of anilines is 2. The lowest BCUT2D eigenvalue weighted by Gasteiger charge is -2.29. The van der Waals surface area contributed by atoms with Gasteiger partial charge in [0.05, 0.1) is 12.6 Å². The highest BCUT2D eigenvalue weighted by Crippen LogP contribution is 2.41. The van der Waals surface area contributed by atoms with E-state index in [2.05, 4.69) is 32.7 Å². The van der Waals surface area contributed by atoms with Gasteiger partial charge in [0, 0.05) is 24.8 Å². The van der Waals surface area contributed by atoms with Crippen LogP contribution in [0.3, 0.4) is 0 Å². The minimum atomic E-state index is -4.54. The number of hydrogen-bond donors (Lipinski definition) is 2. The van der Waals surface area contributed by atoms with Crippen molar-refractivity contribution in [3.05, 3.63) is 65.7 Å². The Morgan fingerprint density at radius 1 is 1.08 bits per heavy atom. The standard InChI is InChI=1S/C27H30F3N5O4/c1-26(2,27(28,29)30)22-15-23(34-39-22)33-24(36)14-17-4-6-18(7-5-17)32-25(37)21-9-8-20(16-31-21)38-19-10-12-35(3)13-11-19/h4-9,15-16,19H,10-14H2,1-3H3,(H,32,37)(H,33,34,36). The third kappa shape index (κ3) is 7.14. The Bertz CT molecular complexity index is 1280. The molecule has 39 heavy (non-hydrogen) atoms. The van der Waals surface area contributed by atoms with Crippen molar-refractivity contribution in [1.29, 1.82) is 0 Å². The number of piperidine rings is 1. The molecule has 1 saturated heterocycles. The van der Waals surface area contributed by atoms with Crippen molar-refractivity contribution in [3.8, 4) is 5.75 Å². The minimum absolute atomic E-state index is 0.0562. The van der Waals surface area contributed by atoms with Gasteiger partial charge in [-0.25, -0.2) is 4.98 Å². The number of ether oxygens (including phenoxy) is 1. The molecule has 0 aliphatic carbocycles. The van der Waals surface area contributed by atoms with Crippen molar-refractivity contribution in [2.24, 2.45) is 0 Å². The highest BCUT2D eigenvalue weighted by atomic mass is 19.4. The Kier molecular flexibility index (Phi) is 8.24. The van der Waals surface area contributed by atoms with E-state index >= 15 is 0 Å². The minimum Gasteiger partial charge on any atom is -0.489 e. The predicted molar refractivity (Wildman–Crippen MR) is 138 cm³/mol. The van der Waals surface area contributed by atoms with Crippen LogP contribution in [0.5, 0.6) is 5.75 Å². The molecule has 2 N–H and O–H groups in total. The van der Waals surface area contributed by atoms with Gasteiger partial charge in [-0.3, -0.25) is 9.59 Å². The number of aromatic nitrogens is 2. The van der Waals surface area contributed by atoms with Crippen LogP contribution in [0.15, 0.2) is 53.2 Å². The summed E-state index contributed by atoms with van der Waals surface area (Å²) in [5.41, 5.74) is -0.887. The fraction of sp³-hybridized carbons (Fsp3) is 0.407. The van der Waals surface area contributed by atoms with E-state index in [1.807, 2.05) is 0 Å². The van der Waals surface area contributed by atoms with E-state index in [0.29, 0.717) is 17.0 Å². The van der Waals surface area contributed by atoms with Crippen molar-refractivity contribution in [3.63, 3.8) is 0 Å². The second kappa shape index (κ2) is 11.4. The molecule has 0 saturated carbocycles. The maximum atomic E-state index is 13.2. The fourth-order valence-electron chi connectivity index (χ4n) is 3.92. The Hall–Kier alpha value is -3.93. The molecule has 1 fully saturated rings. The second-order valence-electron chi connectivity index (χ2n) is 10.1. The molecule has 4 rings (SSSR count). The first-order valence-electron chi connectivity index (χ1n) is 12.5. The summed E-state index contributed by atoms with van der Waals surface area (Å²) in [4.78, 5) is 31.4. The zero-order valence-electron chi connectivity index (χ0n) is 21.8. The molecule has 3 heterocycles. The number of rotatable bonds is 8. The summed E-state index contributed by atoms with van der Waals surface area (Å²) in [7, 11) is 2.08. The van der Waals surface area contributed by atoms with Crippen LogP contribution >= 0.6 is 0 Å². The van der Waals surface area contributed by atoms with E-state index in [9.17, 15) is 22.8 Å². The number of pyridine rings is 1. The van der Waals surface area contributed by atoms with Gasteiger partial charge < -0.3 is 24.8 Å². The van der Waals surface area contributed by atoms with Crippen LogP contribution in [-0.2, 0) is 16.6 Å². The monoisotopic (exact) mass is 545 g/mol. The van der Waals surface area contributed by atoms with Crippen LogP contribution in [0.25, 0.3) is 0 Å². The molecule has 9 nitrogen and oxygen atoms in total. The maximum Gasteiger partial charge on any atom is 0.401 e. The molecule has 1 aliphatic rings. The van der Waals surface area contributed by atoms with Crippen LogP contribution in [-0.4, -0.2) is 59.3 Å². The smallest absolute Gasteiger partial charge is 0.401 e. The number of carbonyl (C=O) groups is 2. The average Bonchev–Trinajstić information content (AvgIpc) is 3.35. The SMILES string of the molecule is CN1CCC(Oc2ccc(C(=O)Nc3ccc(CC(=O)Nc4cc(C(C)(C)C(F)(F)F)on4)cc3)nc2)CC1. The number of nitrogens with zero attached hydrogens (tertiary/aromatic N) is 3. The molecular weight excluding hydrogens is 515 g/mol. The number of alkyl halides is 3. The van der Waals surface area contributed by atoms with Gasteiger partial charge in [-0.05, 0) is 63.6 Å². The summed E-state index contributed by atoms with van der Waals surface area (Å²) in [5, 5.41) is 8.70. The normalized spacial score (nSPS) is 15.1. The van der Waals surface area contributed by atoms with Crippen molar-refractivity contribution < 1.29 is 32.0 Å². The topological polar surface area (TPSA) is 110 Å². The van der Waals surface area contributed by atoms with E-state index in [1.165, 1.54) is 6.20 Å². The van der Waals surface area contributed by atoms with Crippen LogP contribution in [0.1, 0.15) is 48.5 Å². The number of nitrogens with one attached hydrogen (secondary N) is 2. The quantitative estimate of drug-likeness (QED) is 0.418. The van der Waals surface area contributed by atoms with Gasteiger partial charge in [-0.2, -0.15) is 13.2 Å². The first kappa shape index (κ1) is 28.1. The highest BCUT2D eigenvalue weighted by molar-refractivity contribution is 6.02. The van der Waals surface area contributed by atoms with Crippen LogP contribution in [0.4, 0.5) is 24.7 Å². The van der Waals surface area contributed by atoms with Gasteiger partial charge >= 0.3 is 6.18 Å². The van der Waals surface area contributed by atoms with E-state index < -0.39 is 29.2 Å². The van der Waals surface area contributed by atoms with Crippen LogP contribution in [0.2, 0.25) is 0 Å². The lowest BCUT2D eigenvalue weighted by atomic mass is 9.89. The third-order valence-corrected chi connectivity index (χ3v) is 6.62. The van der Waals surface area contributed by atoms with Crippen LogP contribution in [0, 0.1) is 0 Å². The number of likely N-dealkylation sites (tertiary alicyclic amines) is 1. The molecule has 12 heteroatoms. The van der Waals surface area contributed by atoms with Crippen molar-refractivity contribution in [2.75, 3.05) is 30.8 Å². The highest BCUT2D eigenvalue weighted by Gasteiger charge is 2.51. The van der Waals surface area contributed by atoms with Gasteiger partial charge in [0.1, 0.15) is 23.0 Å². The molecule has 1 aromatic carbocycles. The van der Waals surface area contributed by atoms with Gasteiger partial charge in [0.25, 0.3) is 5.91 Å².